The minimum Gasteiger partial charge on any atom is -0.508 e. The average Bonchev–Trinajstić information content (AvgIpc) is 2.83. The van der Waals surface area contributed by atoms with Crippen LogP contribution in [-0.4, -0.2) is 75.1 Å². The quantitative estimate of drug-likeness (QED) is 0.384. The Morgan fingerprint density at radius 2 is 1.81 bits per heavy atom. The minimum absolute atomic E-state index is 0.0124. The maximum Gasteiger partial charge on any atom is 0.255 e. The number of fused-ring (bicyclic) bond motifs is 4. The van der Waals surface area contributed by atoms with Gasteiger partial charge in [-0.2, -0.15) is 0 Å². The van der Waals surface area contributed by atoms with Crippen LogP contribution in [0, 0.1) is 11.8 Å². The van der Waals surface area contributed by atoms with E-state index in [0.29, 0.717) is 28.7 Å². The lowest BCUT2D eigenvalue weighted by molar-refractivity contribution is -0.153. The zero-order valence-electron chi connectivity index (χ0n) is 20.6. The van der Waals surface area contributed by atoms with Crippen molar-refractivity contribution in [3.63, 3.8) is 0 Å². The number of Topliss-reactive ketones (excluding diaryl/α,β-unsaturated/α-hetero) is 2. The highest BCUT2D eigenvalue weighted by atomic mass is 16.5. The normalized spacial score (nSPS) is 27.3. The molecular formula is C27H28N2O8. The summed E-state index contributed by atoms with van der Waals surface area (Å²) in [5, 5.41) is 46.2. The molecule has 1 amide bonds. The van der Waals surface area contributed by atoms with E-state index in [2.05, 4.69) is 0 Å². The lowest BCUT2D eigenvalue weighted by Crippen LogP contribution is -2.65. The topological polar surface area (TPSA) is 171 Å². The summed E-state index contributed by atoms with van der Waals surface area (Å²) in [4.78, 5) is 40.6. The molecule has 0 bridgehead atoms. The summed E-state index contributed by atoms with van der Waals surface area (Å²) >= 11 is 0. The van der Waals surface area contributed by atoms with E-state index < -0.39 is 58.0 Å². The number of carbonyl (C=O) groups is 3. The number of rotatable bonds is 4. The van der Waals surface area contributed by atoms with Crippen molar-refractivity contribution in [3.8, 4) is 11.5 Å². The van der Waals surface area contributed by atoms with E-state index in [0.717, 1.165) is 0 Å². The Balaban J connectivity index is 1.80. The molecule has 0 aliphatic heterocycles. The molecular weight excluding hydrogens is 480 g/mol. The summed E-state index contributed by atoms with van der Waals surface area (Å²) in [7, 11) is 3.12. The highest BCUT2D eigenvalue weighted by Gasteiger charge is 2.64. The summed E-state index contributed by atoms with van der Waals surface area (Å²) in [6.07, 6.45) is 0.188. The Labute approximate surface area is 212 Å². The van der Waals surface area contributed by atoms with Crippen LogP contribution in [-0.2, 0) is 20.8 Å². The van der Waals surface area contributed by atoms with Gasteiger partial charge in [-0.05, 0) is 39.8 Å². The summed E-state index contributed by atoms with van der Waals surface area (Å²) in [6, 6.07) is 5.83. The van der Waals surface area contributed by atoms with Crippen LogP contribution < -0.4 is 10.5 Å². The van der Waals surface area contributed by atoms with Gasteiger partial charge in [0.15, 0.2) is 11.4 Å². The number of hydrogen-bond donors (Lipinski definition) is 5. The number of aromatic hydroxyl groups is 1. The molecule has 6 N–H and O–H groups in total. The molecule has 0 saturated heterocycles. The van der Waals surface area contributed by atoms with Crippen LogP contribution in [0.3, 0.4) is 0 Å². The monoisotopic (exact) mass is 508 g/mol. The van der Waals surface area contributed by atoms with E-state index in [1.165, 1.54) is 4.90 Å². The third-order valence-electron chi connectivity index (χ3n) is 7.84. The molecule has 4 atom stereocenters. The molecule has 10 nitrogen and oxygen atoms in total. The number of phenolic OH excluding ortho intramolecular Hbond substituents is 1. The van der Waals surface area contributed by atoms with Gasteiger partial charge in [0, 0.05) is 27.8 Å². The fourth-order valence-corrected chi connectivity index (χ4v) is 6.33. The number of primary amides is 1. The Hall–Kier alpha value is -3.89. The third-order valence-corrected chi connectivity index (χ3v) is 7.84. The van der Waals surface area contributed by atoms with Gasteiger partial charge in [-0.25, -0.2) is 0 Å². The predicted octanol–water partition coefficient (Wildman–Crippen LogP) is 1.52. The van der Waals surface area contributed by atoms with Crippen molar-refractivity contribution < 1.29 is 39.5 Å². The van der Waals surface area contributed by atoms with Gasteiger partial charge in [0.2, 0.25) is 5.78 Å². The second-order valence-corrected chi connectivity index (χ2v) is 9.97. The number of phenols is 1. The van der Waals surface area contributed by atoms with Crippen molar-refractivity contribution in [2.75, 3.05) is 20.7 Å². The molecule has 5 rings (SSSR count). The van der Waals surface area contributed by atoms with Crippen LogP contribution in [0.15, 0.2) is 41.2 Å². The number of aliphatic hydroxyl groups excluding tert-OH is 2. The number of hydrogen-bond acceptors (Lipinski definition) is 9. The van der Waals surface area contributed by atoms with Gasteiger partial charge in [0.25, 0.3) is 5.91 Å². The van der Waals surface area contributed by atoms with E-state index in [4.69, 9.17) is 10.5 Å². The van der Waals surface area contributed by atoms with E-state index in [1.807, 2.05) is 6.92 Å². The Bertz CT molecular complexity index is 1460. The SMILES string of the molecule is CCOc1c2c(c(O)c3ccccc13)C(O)=C1C(=O)[C@]3(O)C(O)=C(C(N)=O)C(=O)[C@@H](N(C)C)[C@@H]3C[C@@H]1C2. The van der Waals surface area contributed by atoms with Crippen LogP contribution in [0.5, 0.6) is 11.5 Å². The third kappa shape index (κ3) is 3.15. The van der Waals surface area contributed by atoms with Gasteiger partial charge in [-0.15, -0.1) is 0 Å². The Kier molecular flexibility index (Phi) is 5.58. The number of carbonyl (C=O) groups excluding carboxylic acids is 3. The van der Waals surface area contributed by atoms with Gasteiger partial charge < -0.3 is 30.9 Å². The number of nitrogens with two attached hydrogens (primary N) is 1. The summed E-state index contributed by atoms with van der Waals surface area (Å²) in [5.41, 5.74) is 2.17. The van der Waals surface area contributed by atoms with Gasteiger partial charge in [0.05, 0.1) is 18.2 Å². The van der Waals surface area contributed by atoms with E-state index in [1.54, 1.807) is 38.4 Å². The van der Waals surface area contributed by atoms with Gasteiger partial charge >= 0.3 is 0 Å². The molecule has 2 aromatic rings. The molecule has 0 radical (unpaired) electrons. The highest BCUT2D eigenvalue weighted by Crippen LogP contribution is 2.55. The van der Waals surface area contributed by atoms with Crippen molar-refractivity contribution in [1.29, 1.82) is 0 Å². The smallest absolute Gasteiger partial charge is 0.255 e. The first-order valence-corrected chi connectivity index (χ1v) is 12.0. The largest absolute Gasteiger partial charge is 0.508 e. The number of amides is 1. The molecule has 0 aromatic heterocycles. The van der Waals surface area contributed by atoms with Crippen molar-refractivity contribution in [2.24, 2.45) is 17.6 Å². The molecule has 3 aliphatic carbocycles. The molecule has 2 aromatic carbocycles. The van der Waals surface area contributed by atoms with Crippen LogP contribution in [0.2, 0.25) is 0 Å². The van der Waals surface area contributed by atoms with E-state index >= 15 is 0 Å². The maximum atomic E-state index is 13.9. The summed E-state index contributed by atoms with van der Waals surface area (Å²) in [5.74, 6) is -6.33. The maximum absolute atomic E-state index is 13.9. The molecule has 1 fully saturated rings. The number of likely N-dealkylation sites (N-methyl/N-ethyl adjacent to an activating group) is 1. The standard InChI is InChI=1S/C27H28N2O8/c1-4-37-23-13-8-6-5-7-12(13)20(30)17-14(23)9-11-10-15-19(29(2)3)22(32)18(26(28)35)25(34)27(15,36)24(33)16(11)21(17)31/h5-8,11,15,19,30-31,34,36H,4,9-10H2,1-3H3,(H2,28,35)/t11-,15-,19-,27-/m0/s1. The molecule has 0 unspecified atom stereocenters. The minimum atomic E-state index is -2.67. The first-order valence-electron chi connectivity index (χ1n) is 12.0. The number of aliphatic hydroxyl groups is 3. The molecule has 10 heteroatoms. The average molecular weight is 509 g/mol. The van der Waals surface area contributed by atoms with Crippen molar-refractivity contribution in [3.05, 3.63) is 52.3 Å². The molecule has 194 valence electrons. The molecule has 3 aliphatic rings. The van der Waals surface area contributed by atoms with Gasteiger partial charge in [-0.3, -0.25) is 19.3 Å². The van der Waals surface area contributed by atoms with Crippen molar-refractivity contribution in [2.45, 2.75) is 31.4 Å². The predicted molar refractivity (Wildman–Crippen MR) is 133 cm³/mol. The Morgan fingerprint density at radius 3 is 2.41 bits per heavy atom. The first kappa shape index (κ1) is 24.8. The second kappa shape index (κ2) is 8.32. The fourth-order valence-electron chi connectivity index (χ4n) is 6.33. The zero-order chi connectivity index (χ0) is 27.0. The number of ketones is 2. The number of benzene rings is 2. The molecule has 1 saturated carbocycles. The fraction of sp³-hybridized carbons (Fsp3) is 0.370. The molecule has 37 heavy (non-hydrogen) atoms. The molecule has 0 heterocycles. The highest BCUT2D eigenvalue weighted by molar-refractivity contribution is 6.24. The van der Waals surface area contributed by atoms with Gasteiger partial charge in [-0.1, -0.05) is 24.3 Å². The van der Waals surface area contributed by atoms with Crippen LogP contribution in [0.1, 0.15) is 24.5 Å². The lowest BCUT2D eigenvalue weighted by Gasteiger charge is -2.50. The van der Waals surface area contributed by atoms with Crippen molar-refractivity contribution in [1.82, 2.24) is 4.90 Å². The molecule has 0 spiro atoms. The first-order chi connectivity index (χ1) is 17.5. The van der Waals surface area contributed by atoms with Crippen LogP contribution >= 0.6 is 0 Å². The number of nitrogens with zero attached hydrogens (tertiary/aromatic N) is 1. The summed E-state index contributed by atoms with van der Waals surface area (Å²) < 4.78 is 5.95. The van der Waals surface area contributed by atoms with E-state index in [9.17, 15) is 34.8 Å². The zero-order valence-corrected chi connectivity index (χ0v) is 20.6. The number of ether oxygens (including phenoxy) is 1. The summed E-state index contributed by atoms with van der Waals surface area (Å²) in [6.45, 7) is 2.12. The van der Waals surface area contributed by atoms with Crippen LogP contribution in [0.25, 0.3) is 16.5 Å². The van der Waals surface area contributed by atoms with E-state index in [-0.39, 0.29) is 29.7 Å². The van der Waals surface area contributed by atoms with Gasteiger partial charge in [0.1, 0.15) is 28.6 Å². The van der Waals surface area contributed by atoms with Crippen molar-refractivity contribution >= 4 is 34.0 Å². The Morgan fingerprint density at radius 1 is 1.16 bits per heavy atom. The lowest BCUT2D eigenvalue weighted by atomic mass is 9.57. The van der Waals surface area contributed by atoms with Crippen LogP contribution in [0.4, 0.5) is 0 Å². The second-order valence-electron chi connectivity index (χ2n) is 9.97.